The molecule has 0 aromatic heterocycles. The Morgan fingerprint density at radius 2 is 2.09 bits per heavy atom. The smallest absolute Gasteiger partial charge is 0.309 e. The van der Waals surface area contributed by atoms with E-state index in [1.54, 1.807) is 0 Å². The highest BCUT2D eigenvalue weighted by Gasteiger charge is 2.20. The summed E-state index contributed by atoms with van der Waals surface area (Å²) in [5, 5.41) is 0. The second-order valence-corrected chi connectivity index (χ2v) is 4.70. The van der Waals surface area contributed by atoms with Crippen molar-refractivity contribution in [1.29, 1.82) is 0 Å². The lowest BCUT2D eigenvalue weighted by Gasteiger charge is -2.12. The first kappa shape index (κ1) is 12.0. The minimum atomic E-state index is -2.61. The van der Waals surface area contributed by atoms with Gasteiger partial charge in [-0.25, -0.2) is 0 Å². The van der Waals surface area contributed by atoms with E-state index in [2.05, 4.69) is 9.05 Å². The SMILES string of the molecule is CC(Cl)(Cl)O[PH](=O)OCCCl. The maximum Gasteiger partial charge on any atom is 0.321 e. The third kappa shape index (κ3) is 8.93. The molecular weight excluding hydrogens is 233 g/mol. The van der Waals surface area contributed by atoms with Crippen LogP contribution >= 0.6 is 43.1 Å². The fraction of sp³-hybridized carbons (Fsp3) is 1.00. The average molecular weight is 241 g/mol. The van der Waals surface area contributed by atoms with Crippen molar-refractivity contribution in [2.45, 2.75) is 11.4 Å². The highest BCUT2D eigenvalue weighted by molar-refractivity contribution is 7.33. The zero-order valence-corrected chi connectivity index (χ0v) is 9.04. The van der Waals surface area contributed by atoms with Gasteiger partial charge in [-0.15, -0.1) is 11.6 Å². The van der Waals surface area contributed by atoms with Crippen molar-refractivity contribution in [2.24, 2.45) is 0 Å². The first-order valence-corrected chi connectivity index (χ1v) is 5.27. The van der Waals surface area contributed by atoms with Gasteiger partial charge in [-0.2, -0.15) is 0 Å². The van der Waals surface area contributed by atoms with Gasteiger partial charge in [0.25, 0.3) is 0 Å². The molecule has 0 spiro atoms. The van der Waals surface area contributed by atoms with Crippen molar-refractivity contribution in [1.82, 2.24) is 0 Å². The third-order valence-electron chi connectivity index (χ3n) is 0.560. The van der Waals surface area contributed by atoms with Crippen LogP contribution in [0.3, 0.4) is 0 Å². The van der Waals surface area contributed by atoms with E-state index in [9.17, 15) is 4.57 Å². The molecule has 0 aromatic rings. The monoisotopic (exact) mass is 240 g/mol. The standard InChI is InChI=1S/C4H8Cl3O3P/c1-4(6,7)10-11(8)9-3-2-5/h11H,2-3H2,1H3. The summed E-state index contributed by atoms with van der Waals surface area (Å²) in [4.78, 5) is 0. The molecule has 0 radical (unpaired) electrons. The van der Waals surface area contributed by atoms with Crippen molar-refractivity contribution in [3.8, 4) is 0 Å². The molecule has 11 heavy (non-hydrogen) atoms. The van der Waals surface area contributed by atoms with E-state index in [1.807, 2.05) is 0 Å². The van der Waals surface area contributed by atoms with E-state index in [0.29, 0.717) is 0 Å². The summed E-state index contributed by atoms with van der Waals surface area (Å²) in [6, 6.07) is 0. The molecule has 0 aromatic carbocycles. The van der Waals surface area contributed by atoms with E-state index in [0.717, 1.165) is 0 Å². The molecule has 0 saturated heterocycles. The predicted molar refractivity (Wildman–Crippen MR) is 46.9 cm³/mol. The van der Waals surface area contributed by atoms with Gasteiger partial charge >= 0.3 is 8.25 Å². The lowest BCUT2D eigenvalue weighted by Crippen LogP contribution is -2.07. The first-order chi connectivity index (χ1) is 4.95. The fourth-order valence-corrected chi connectivity index (χ4v) is 1.50. The second-order valence-electron chi connectivity index (χ2n) is 1.70. The Morgan fingerprint density at radius 3 is 2.45 bits per heavy atom. The van der Waals surface area contributed by atoms with E-state index in [-0.39, 0.29) is 12.5 Å². The van der Waals surface area contributed by atoms with Crippen LogP contribution in [0.4, 0.5) is 0 Å². The average Bonchev–Trinajstić information content (AvgIpc) is 1.79. The Morgan fingerprint density at radius 1 is 1.55 bits per heavy atom. The van der Waals surface area contributed by atoms with E-state index >= 15 is 0 Å². The quantitative estimate of drug-likeness (QED) is 0.548. The molecule has 3 nitrogen and oxygen atoms in total. The lowest BCUT2D eigenvalue weighted by molar-refractivity contribution is 0.204. The lowest BCUT2D eigenvalue weighted by atomic mass is 10.9. The Kier molecular flexibility index (Phi) is 6.15. The van der Waals surface area contributed by atoms with Gasteiger partial charge in [0.1, 0.15) is 0 Å². The molecule has 68 valence electrons. The number of alkyl halides is 3. The van der Waals surface area contributed by atoms with Crippen LogP contribution in [0.5, 0.6) is 0 Å². The molecule has 0 bridgehead atoms. The largest absolute Gasteiger partial charge is 0.321 e. The summed E-state index contributed by atoms with van der Waals surface area (Å²) in [5.41, 5.74) is 0. The molecule has 7 heteroatoms. The van der Waals surface area contributed by atoms with Gasteiger partial charge in [-0.05, 0) is 6.92 Å². The molecule has 0 saturated carbocycles. The summed E-state index contributed by atoms with van der Waals surface area (Å²) in [5.74, 6) is 0.251. The zero-order valence-electron chi connectivity index (χ0n) is 5.77. The molecule has 1 unspecified atom stereocenters. The molecule has 0 heterocycles. The minimum absolute atomic E-state index is 0.156. The van der Waals surface area contributed by atoms with Gasteiger partial charge in [-0.1, -0.05) is 23.2 Å². The van der Waals surface area contributed by atoms with Crippen LogP contribution in [0, 0.1) is 0 Å². The van der Waals surface area contributed by atoms with Gasteiger partial charge in [0.15, 0.2) is 0 Å². The molecule has 0 aliphatic heterocycles. The van der Waals surface area contributed by atoms with Crippen molar-refractivity contribution in [3.05, 3.63) is 0 Å². The third-order valence-corrected chi connectivity index (χ3v) is 2.14. The summed E-state index contributed by atoms with van der Waals surface area (Å²) >= 11 is 16.0. The van der Waals surface area contributed by atoms with Gasteiger partial charge in [0, 0.05) is 5.88 Å². The number of hydrogen-bond acceptors (Lipinski definition) is 3. The summed E-state index contributed by atoms with van der Waals surface area (Å²) in [7, 11) is -2.61. The molecule has 0 N–H and O–H groups in total. The molecule has 0 fully saturated rings. The van der Waals surface area contributed by atoms with Crippen molar-refractivity contribution in [3.63, 3.8) is 0 Å². The maximum atomic E-state index is 10.7. The van der Waals surface area contributed by atoms with Crippen LogP contribution in [0.25, 0.3) is 0 Å². The number of hydrogen-bond donors (Lipinski definition) is 0. The van der Waals surface area contributed by atoms with Crippen LogP contribution < -0.4 is 0 Å². The summed E-state index contributed by atoms with van der Waals surface area (Å²) in [6.45, 7) is 1.51. The van der Waals surface area contributed by atoms with Gasteiger partial charge < -0.3 is 4.52 Å². The summed E-state index contributed by atoms with van der Waals surface area (Å²) < 4.78 is 18.4. The van der Waals surface area contributed by atoms with Crippen LogP contribution in [0.1, 0.15) is 6.92 Å². The molecule has 0 aliphatic carbocycles. The first-order valence-electron chi connectivity index (χ1n) is 2.75. The van der Waals surface area contributed by atoms with Gasteiger partial charge in [0.2, 0.25) is 4.52 Å². The van der Waals surface area contributed by atoms with Crippen LogP contribution in [0.15, 0.2) is 0 Å². The molecular formula is C4H8Cl3O3P. The summed E-state index contributed by atoms with van der Waals surface area (Å²) in [6.07, 6.45) is 0. The van der Waals surface area contributed by atoms with Gasteiger partial charge in [-0.3, -0.25) is 9.09 Å². The highest BCUT2D eigenvalue weighted by atomic mass is 35.5. The Balaban J connectivity index is 3.53. The molecule has 0 amide bonds. The van der Waals surface area contributed by atoms with Gasteiger partial charge in [0.05, 0.1) is 6.61 Å². The number of rotatable bonds is 5. The molecule has 0 aliphatic rings. The van der Waals surface area contributed by atoms with Crippen molar-refractivity contribution in [2.75, 3.05) is 12.5 Å². The predicted octanol–water partition coefficient (Wildman–Crippen LogP) is 2.80. The van der Waals surface area contributed by atoms with E-state index in [1.165, 1.54) is 6.92 Å². The minimum Gasteiger partial charge on any atom is -0.309 e. The van der Waals surface area contributed by atoms with Crippen LogP contribution in [-0.2, 0) is 13.6 Å². The normalized spacial score (nSPS) is 14.9. The maximum absolute atomic E-state index is 10.7. The van der Waals surface area contributed by atoms with E-state index < -0.39 is 12.8 Å². The van der Waals surface area contributed by atoms with E-state index in [4.69, 9.17) is 34.8 Å². The Hall–Kier alpha value is 1.02. The Labute approximate surface area is 80.8 Å². The van der Waals surface area contributed by atoms with Crippen molar-refractivity contribution < 1.29 is 13.6 Å². The van der Waals surface area contributed by atoms with Crippen LogP contribution in [0.2, 0.25) is 0 Å². The van der Waals surface area contributed by atoms with Crippen LogP contribution in [-0.4, -0.2) is 17.0 Å². The highest BCUT2D eigenvalue weighted by Crippen LogP contribution is 2.35. The number of halogens is 3. The molecule has 0 rings (SSSR count). The topological polar surface area (TPSA) is 35.5 Å². The van der Waals surface area contributed by atoms with Crippen molar-refractivity contribution >= 4 is 43.1 Å². The fourth-order valence-electron chi connectivity index (χ4n) is 0.298. The second kappa shape index (κ2) is 5.63. The zero-order chi connectivity index (χ0) is 8.91. The molecule has 1 atom stereocenters. The Bertz CT molecular complexity index is 135.